The number of aromatic nitrogens is 1. The van der Waals surface area contributed by atoms with Crippen molar-refractivity contribution in [2.75, 3.05) is 11.9 Å². The molecule has 3 aromatic rings. The summed E-state index contributed by atoms with van der Waals surface area (Å²) in [6.45, 7) is 5.80. The zero-order valence-electron chi connectivity index (χ0n) is 23.8. The van der Waals surface area contributed by atoms with Gasteiger partial charge in [0.2, 0.25) is 0 Å². The molecule has 218 valence electrons. The van der Waals surface area contributed by atoms with Crippen LogP contribution < -0.4 is 10.6 Å². The molecule has 5 rings (SSSR count). The number of carbonyl (C=O) groups is 2. The van der Waals surface area contributed by atoms with Crippen molar-refractivity contribution in [3.05, 3.63) is 52.7 Å². The van der Waals surface area contributed by atoms with Gasteiger partial charge in [0.05, 0.1) is 28.4 Å². The van der Waals surface area contributed by atoms with Crippen molar-refractivity contribution in [2.24, 2.45) is 11.8 Å². The molecule has 4 N–H and O–H groups in total. The van der Waals surface area contributed by atoms with E-state index in [4.69, 9.17) is 16.3 Å². The van der Waals surface area contributed by atoms with Gasteiger partial charge in [-0.2, -0.15) is 0 Å². The first-order chi connectivity index (χ1) is 19.5. The number of pyridine rings is 1. The second-order valence-electron chi connectivity index (χ2n) is 12.3. The number of aromatic hydroxyl groups is 1. The molecule has 0 radical (unpaired) electrons. The minimum absolute atomic E-state index is 0.0515. The molecule has 1 amide bonds. The normalized spacial score (nSPS) is 19.1. The molecule has 1 aromatic heterocycles. The summed E-state index contributed by atoms with van der Waals surface area (Å²) in [5.41, 5.74) is 3.60. The molecule has 0 bridgehead atoms. The number of phenols is 1. The standard InChI is InChI=1S/C32H38ClN3O5/c1-32(2,3)41-31(40)35-15-18-4-9-23(10-5-18)36-28-24-13-20(21-12-22(17-37)30(39)26(33)14-21)8-11-27(24)34-16-25(28)29(38)19-6-7-19/h8,11-14,16,18-19,23,37,39H,4-7,9-10,15,17H2,1-3H3,(H,34,36)(H,35,40). The number of alkyl carbamates (subject to hydrolysis) is 1. The van der Waals surface area contributed by atoms with E-state index in [1.807, 2.05) is 39.0 Å². The number of nitrogens with zero attached hydrogens (tertiary/aromatic N) is 1. The van der Waals surface area contributed by atoms with Gasteiger partial charge in [0, 0.05) is 35.7 Å². The SMILES string of the molecule is CC(C)(C)OC(=O)NCC1CCC(Nc2c(C(=O)C3CC3)cnc3ccc(-c4cc(Cl)c(O)c(CO)c4)cc23)CC1. The summed E-state index contributed by atoms with van der Waals surface area (Å²) in [7, 11) is 0. The van der Waals surface area contributed by atoms with E-state index in [0.29, 0.717) is 23.6 Å². The van der Waals surface area contributed by atoms with Crippen LogP contribution in [-0.2, 0) is 11.3 Å². The predicted molar refractivity (Wildman–Crippen MR) is 160 cm³/mol. The number of fused-ring (bicyclic) bond motifs is 1. The van der Waals surface area contributed by atoms with Crippen LogP contribution in [0.3, 0.4) is 0 Å². The summed E-state index contributed by atoms with van der Waals surface area (Å²) in [5.74, 6) is 0.416. The summed E-state index contributed by atoms with van der Waals surface area (Å²) in [4.78, 5) is 30.0. The first kappa shape index (κ1) is 29.1. The molecule has 9 heteroatoms. The molecular formula is C32H38ClN3O5. The number of benzene rings is 2. The molecule has 8 nitrogen and oxygen atoms in total. The van der Waals surface area contributed by atoms with E-state index in [1.54, 1.807) is 18.3 Å². The third kappa shape index (κ3) is 6.93. The van der Waals surface area contributed by atoms with E-state index in [9.17, 15) is 19.8 Å². The Morgan fingerprint density at radius 1 is 1.05 bits per heavy atom. The van der Waals surface area contributed by atoms with E-state index >= 15 is 0 Å². The zero-order chi connectivity index (χ0) is 29.3. The fourth-order valence-electron chi connectivity index (χ4n) is 5.48. The lowest BCUT2D eigenvalue weighted by molar-refractivity contribution is 0.0515. The maximum Gasteiger partial charge on any atom is 0.407 e. The maximum absolute atomic E-state index is 13.3. The number of carbonyl (C=O) groups excluding carboxylic acids is 2. The highest BCUT2D eigenvalue weighted by molar-refractivity contribution is 6.32. The van der Waals surface area contributed by atoms with Gasteiger partial charge >= 0.3 is 6.09 Å². The van der Waals surface area contributed by atoms with Gasteiger partial charge in [-0.15, -0.1) is 0 Å². The molecular weight excluding hydrogens is 542 g/mol. The second kappa shape index (κ2) is 11.9. The molecule has 2 aliphatic rings. The Labute approximate surface area is 245 Å². The Morgan fingerprint density at radius 3 is 2.44 bits per heavy atom. The van der Waals surface area contributed by atoms with Gasteiger partial charge in [0.15, 0.2) is 5.78 Å². The van der Waals surface area contributed by atoms with Crippen molar-refractivity contribution in [1.29, 1.82) is 0 Å². The number of ketones is 1. The maximum atomic E-state index is 13.3. The third-order valence-corrected chi connectivity index (χ3v) is 8.14. The predicted octanol–water partition coefficient (Wildman–Crippen LogP) is 6.84. The number of rotatable bonds is 8. The minimum Gasteiger partial charge on any atom is -0.506 e. The molecule has 0 unspecified atom stereocenters. The fourth-order valence-corrected chi connectivity index (χ4v) is 5.72. The number of Topliss-reactive ketones (excluding diaryl/α,β-unsaturated/α-hetero) is 1. The van der Waals surface area contributed by atoms with Crippen molar-refractivity contribution in [3.8, 4) is 16.9 Å². The number of hydrogen-bond donors (Lipinski definition) is 4. The molecule has 2 fully saturated rings. The van der Waals surface area contributed by atoms with E-state index < -0.39 is 5.60 Å². The van der Waals surface area contributed by atoms with Crippen LogP contribution in [0, 0.1) is 11.8 Å². The summed E-state index contributed by atoms with van der Waals surface area (Å²) in [6, 6.07) is 9.40. The van der Waals surface area contributed by atoms with Crippen LogP contribution >= 0.6 is 11.6 Å². The number of ether oxygens (including phenoxy) is 1. The lowest BCUT2D eigenvalue weighted by Gasteiger charge is -2.31. The Hall–Kier alpha value is -3.36. The average molecular weight is 580 g/mol. The van der Waals surface area contributed by atoms with Gasteiger partial charge in [-0.25, -0.2) is 4.79 Å². The van der Waals surface area contributed by atoms with Gasteiger partial charge in [-0.05, 0) is 101 Å². The van der Waals surface area contributed by atoms with Crippen LogP contribution in [0.4, 0.5) is 10.5 Å². The Bertz CT molecular complexity index is 1460. The van der Waals surface area contributed by atoms with Crippen LogP contribution in [0.25, 0.3) is 22.0 Å². The van der Waals surface area contributed by atoms with Gasteiger partial charge in [-0.3, -0.25) is 9.78 Å². The lowest BCUT2D eigenvalue weighted by Crippen LogP contribution is -2.37. The average Bonchev–Trinajstić information content (AvgIpc) is 3.78. The minimum atomic E-state index is -0.524. The number of anilines is 1. The number of halogens is 1. The molecule has 0 spiro atoms. The Balaban J connectivity index is 1.38. The first-order valence-electron chi connectivity index (χ1n) is 14.4. The van der Waals surface area contributed by atoms with E-state index in [2.05, 4.69) is 15.6 Å². The molecule has 2 aromatic carbocycles. The molecule has 0 aliphatic heterocycles. The molecule has 2 saturated carbocycles. The van der Waals surface area contributed by atoms with Crippen LogP contribution in [0.1, 0.15) is 75.2 Å². The first-order valence-corrected chi connectivity index (χ1v) is 14.7. The second-order valence-corrected chi connectivity index (χ2v) is 12.7. The highest BCUT2D eigenvalue weighted by atomic mass is 35.5. The fraction of sp³-hybridized carbons (Fsp3) is 0.469. The number of aliphatic hydroxyl groups is 1. The lowest BCUT2D eigenvalue weighted by atomic mass is 9.85. The Kier molecular flexibility index (Phi) is 8.43. The summed E-state index contributed by atoms with van der Waals surface area (Å²) in [5, 5.41) is 27.5. The Morgan fingerprint density at radius 2 is 1.78 bits per heavy atom. The van der Waals surface area contributed by atoms with Crippen molar-refractivity contribution in [1.82, 2.24) is 10.3 Å². The van der Waals surface area contributed by atoms with Crippen molar-refractivity contribution < 1.29 is 24.5 Å². The van der Waals surface area contributed by atoms with Crippen molar-refractivity contribution in [2.45, 2.75) is 77.5 Å². The topological polar surface area (TPSA) is 121 Å². The monoisotopic (exact) mass is 579 g/mol. The molecule has 0 atom stereocenters. The van der Waals surface area contributed by atoms with E-state index in [0.717, 1.165) is 66.2 Å². The molecule has 41 heavy (non-hydrogen) atoms. The van der Waals surface area contributed by atoms with Gasteiger partial charge in [0.25, 0.3) is 0 Å². The van der Waals surface area contributed by atoms with E-state index in [-0.39, 0.29) is 41.2 Å². The van der Waals surface area contributed by atoms with E-state index in [1.165, 1.54) is 0 Å². The van der Waals surface area contributed by atoms with Gasteiger partial charge < -0.3 is 25.6 Å². The number of amides is 1. The largest absolute Gasteiger partial charge is 0.506 e. The van der Waals surface area contributed by atoms with Crippen LogP contribution in [0.5, 0.6) is 5.75 Å². The smallest absolute Gasteiger partial charge is 0.407 e. The highest BCUT2D eigenvalue weighted by Gasteiger charge is 2.33. The number of aliphatic hydroxyl groups excluding tert-OH is 1. The zero-order valence-corrected chi connectivity index (χ0v) is 24.6. The highest BCUT2D eigenvalue weighted by Crippen LogP contribution is 2.40. The molecule has 1 heterocycles. The molecule has 0 saturated heterocycles. The quantitative estimate of drug-likeness (QED) is 0.216. The number of hydrogen-bond acceptors (Lipinski definition) is 7. The van der Waals surface area contributed by atoms with Crippen LogP contribution in [-0.4, -0.2) is 45.3 Å². The van der Waals surface area contributed by atoms with Crippen LogP contribution in [0.2, 0.25) is 5.02 Å². The summed E-state index contributed by atoms with van der Waals surface area (Å²) < 4.78 is 5.36. The van der Waals surface area contributed by atoms with Crippen molar-refractivity contribution >= 4 is 40.1 Å². The van der Waals surface area contributed by atoms with Gasteiger partial charge in [-0.1, -0.05) is 17.7 Å². The number of nitrogens with one attached hydrogen (secondary N) is 2. The van der Waals surface area contributed by atoms with Crippen LogP contribution in [0.15, 0.2) is 36.5 Å². The third-order valence-electron chi connectivity index (χ3n) is 7.86. The van der Waals surface area contributed by atoms with Gasteiger partial charge in [0.1, 0.15) is 11.4 Å². The molecule has 2 aliphatic carbocycles. The summed E-state index contributed by atoms with van der Waals surface area (Å²) in [6.07, 6.45) is 6.84. The van der Waals surface area contributed by atoms with Crippen molar-refractivity contribution in [3.63, 3.8) is 0 Å². The summed E-state index contributed by atoms with van der Waals surface area (Å²) >= 11 is 6.25.